The van der Waals surface area contributed by atoms with Crippen LogP contribution in [0.5, 0.6) is 0 Å². The molecule has 17 heavy (non-hydrogen) atoms. The van der Waals surface area contributed by atoms with Crippen molar-refractivity contribution in [3.8, 4) is 0 Å². The first-order chi connectivity index (χ1) is 7.94. The van der Waals surface area contributed by atoms with Gasteiger partial charge in [-0.1, -0.05) is 30.3 Å². The first-order valence-electron chi connectivity index (χ1n) is 5.18. The van der Waals surface area contributed by atoms with E-state index >= 15 is 0 Å². The van der Waals surface area contributed by atoms with Gasteiger partial charge in [-0.15, -0.1) is 0 Å². The second kappa shape index (κ2) is 6.14. The molecule has 1 rings (SSSR count). The predicted molar refractivity (Wildman–Crippen MR) is 67.4 cm³/mol. The number of sulfonamides is 1. The monoisotopic (exact) mass is 275 g/mol. The van der Waals surface area contributed by atoms with Gasteiger partial charge in [-0.2, -0.15) is 0 Å². The highest BCUT2D eigenvalue weighted by atomic mass is 35.5. The van der Waals surface area contributed by atoms with Crippen LogP contribution in [-0.4, -0.2) is 25.5 Å². The molecule has 1 N–H and O–H groups in total. The van der Waals surface area contributed by atoms with E-state index in [9.17, 15) is 13.2 Å². The number of benzene rings is 1. The molecule has 0 spiro atoms. The topological polar surface area (TPSA) is 63.2 Å². The Morgan fingerprint density at radius 2 is 1.94 bits per heavy atom. The zero-order valence-electron chi connectivity index (χ0n) is 9.39. The molecule has 0 heterocycles. The molecule has 0 amide bonds. The van der Waals surface area contributed by atoms with Gasteiger partial charge in [0, 0.05) is 0 Å². The number of rotatable bonds is 6. The van der Waals surface area contributed by atoms with E-state index in [1.807, 2.05) is 30.3 Å². The highest BCUT2D eigenvalue weighted by Crippen LogP contribution is 2.06. The Bertz CT molecular complexity index is 473. The first kappa shape index (κ1) is 14.2. The lowest BCUT2D eigenvalue weighted by atomic mass is 10.1. The lowest BCUT2D eigenvalue weighted by Crippen LogP contribution is -2.41. The van der Waals surface area contributed by atoms with Crippen LogP contribution >= 0.6 is 11.6 Å². The van der Waals surface area contributed by atoms with E-state index in [4.69, 9.17) is 11.6 Å². The lowest BCUT2D eigenvalue weighted by Gasteiger charge is -2.14. The molecule has 1 atom stereocenters. The third-order valence-electron chi connectivity index (χ3n) is 2.26. The van der Waals surface area contributed by atoms with Gasteiger partial charge in [-0.25, -0.2) is 13.1 Å². The highest BCUT2D eigenvalue weighted by molar-refractivity contribution is 7.89. The zero-order chi connectivity index (χ0) is 12.9. The van der Waals surface area contributed by atoms with Crippen LogP contribution in [0.15, 0.2) is 30.3 Å². The minimum absolute atomic E-state index is 0.0809. The molecule has 1 aromatic carbocycles. The summed E-state index contributed by atoms with van der Waals surface area (Å²) in [5, 5.41) is -0.703. The molecule has 6 heteroatoms. The van der Waals surface area contributed by atoms with Crippen molar-refractivity contribution in [1.29, 1.82) is 0 Å². The van der Waals surface area contributed by atoms with Crippen LogP contribution in [0.25, 0.3) is 0 Å². The largest absolute Gasteiger partial charge is 0.279 e. The molecule has 1 aromatic rings. The molecule has 0 saturated heterocycles. The van der Waals surface area contributed by atoms with Crippen molar-refractivity contribution in [2.75, 3.05) is 5.75 Å². The number of hydrogen-bond acceptors (Lipinski definition) is 3. The van der Waals surface area contributed by atoms with Gasteiger partial charge in [-0.05, 0) is 30.5 Å². The van der Waals surface area contributed by atoms with Crippen molar-refractivity contribution in [2.24, 2.45) is 0 Å². The Morgan fingerprint density at radius 1 is 1.35 bits per heavy atom. The summed E-state index contributed by atoms with van der Waals surface area (Å²) in [7, 11) is -3.44. The number of halogens is 1. The zero-order valence-corrected chi connectivity index (χ0v) is 11.0. The summed E-state index contributed by atoms with van der Waals surface area (Å²) in [5.74, 6) is -0.0809. The van der Waals surface area contributed by atoms with Gasteiger partial charge < -0.3 is 0 Å². The normalized spacial score (nSPS) is 13.3. The maximum Gasteiger partial charge on any atom is 0.239 e. The first-order valence-corrected chi connectivity index (χ1v) is 7.21. The van der Waals surface area contributed by atoms with E-state index in [2.05, 4.69) is 4.72 Å². The summed E-state index contributed by atoms with van der Waals surface area (Å²) in [4.78, 5) is 11.2. The van der Waals surface area contributed by atoms with Crippen LogP contribution in [0.4, 0.5) is 0 Å². The van der Waals surface area contributed by atoms with Crippen LogP contribution in [0.3, 0.4) is 0 Å². The van der Waals surface area contributed by atoms with E-state index in [0.29, 0.717) is 0 Å². The van der Waals surface area contributed by atoms with Crippen molar-refractivity contribution in [2.45, 2.75) is 19.4 Å². The molecule has 1 unspecified atom stereocenters. The Hall–Kier alpha value is -0.910. The summed E-state index contributed by atoms with van der Waals surface area (Å²) >= 11 is 5.39. The fourth-order valence-electron chi connectivity index (χ4n) is 1.32. The number of hydrogen-bond donors (Lipinski definition) is 1. The Labute approximate surface area is 106 Å². The minimum atomic E-state index is -3.44. The molecule has 94 valence electrons. The quantitative estimate of drug-likeness (QED) is 0.796. The van der Waals surface area contributed by atoms with Crippen molar-refractivity contribution in [1.82, 2.24) is 4.72 Å². The second-order valence-electron chi connectivity index (χ2n) is 3.57. The molecule has 0 bridgehead atoms. The van der Waals surface area contributed by atoms with Gasteiger partial charge in [0.25, 0.3) is 0 Å². The highest BCUT2D eigenvalue weighted by Gasteiger charge is 2.22. The fourth-order valence-corrected chi connectivity index (χ4v) is 2.31. The molecular weight excluding hydrogens is 262 g/mol. The van der Waals surface area contributed by atoms with Crippen LogP contribution in [-0.2, 0) is 21.2 Å². The molecule has 4 nitrogen and oxygen atoms in total. The molecule has 0 fully saturated rings. The lowest BCUT2D eigenvalue weighted by molar-refractivity contribution is -0.113. The van der Waals surface area contributed by atoms with Crippen molar-refractivity contribution in [3.63, 3.8) is 0 Å². The smallest absolute Gasteiger partial charge is 0.239 e. The number of carbonyl (C=O) groups is 1. The number of nitrogens with one attached hydrogen (secondary N) is 1. The Balaban J connectivity index is 2.78. The second-order valence-corrected chi connectivity index (χ2v) is 5.98. The van der Waals surface area contributed by atoms with Gasteiger partial charge in [-0.3, -0.25) is 4.79 Å². The molecule has 0 aliphatic heterocycles. The minimum Gasteiger partial charge on any atom is -0.279 e. The van der Waals surface area contributed by atoms with Gasteiger partial charge >= 0.3 is 0 Å². The molecule has 0 aromatic heterocycles. The molecule has 0 saturated carbocycles. The maximum absolute atomic E-state index is 11.4. The third kappa shape index (κ3) is 4.85. The van der Waals surface area contributed by atoms with E-state index in [1.165, 1.54) is 6.92 Å². The average Bonchev–Trinajstić information content (AvgIpc) is 2.29. The summed E-state index contributed by atoms with van der Waals surface area (Å²) in [5.41, 5.74) is 0.852. The fraction of sp³-hybridized carbons (Fsp3) is 0.364. The SMILES string of the molecule is CCS(=O)(=O)NC(Cc1ccccc1)C(=O)Cl. The summed E-state index contributed by atoms with van der Waals surface area (Å²) in [6.07, 6.45) is 0.252. The van der Waals surface area contributed by atoms with E-state index in [1.54, 1.807) is 0 Å². The van der Waals surface area contributed by atoms with E-state index in [-0.39, 0.29) is 12.2 Å². The van der Waals surface area contributed by atoms with Crippen molar-refractivity contribution in [3.05, 3.63) is 35.9 Å². The van der Waals surface area contributed by atoms with E-state index in [0.717, 1.165) is 5.56 Å². The van der Waals surface area contributed by atoms with Crippen molar-refractivity contribution >= 4 is 26.9 Å². The van der Waals surface area contributed by atoms with E-state index < -0.39 is 21.3 Å². The standard InChI is InChI=1S/C11H14ClNO3S/c1-2-17(15,16)13-10(11(12)14)8-9-6-4-3-5-7-9/h3-7,10,13H,2,8H2,1H3. The Morgan fingerprint density at radius 3 is 2.41 bits per heavy atom. The summed E-state index contributed by atoms with van der Waals surface area (Å²) in [6.45, 7) is 1.50. The molecule has 0 aliphatic carbocycles. The van der Waals surface area contributed by atoms with Gasteiger partial charge in [0.2, 0.25) is 15.3 Å². The van der Waals surface area contributed by atoms with Crippen LogP contribution in [0.1, 0.15) is 12.5 Å². The predicted octanol–water partition coefficient (Wildman–Crippen LogP) is 1.30. The Kier molecular flexibility index (Phi) is 5.11. The van der Waals surface area contributed by atoms with Crippen LogP contribution in [0, 0.1) is 0 Å². The summed E-state index contributed by atoms with van der Waals surface area (Å²) in [6, 6.07) is 8.19. The summed E-state index contributed by atoms with van der Waals surface area (Å²) < 4.78 is 25.0. The van der Waals surface area contributed by atoms with Crippen LogP contribution in [0.2, 0.25) is 0 Å². The molecule has 0 aliphatic rings. The average molecular weight is 276 g/mol. The van der Waals surface area contributed by atoms with Crippen molar-refractivity contribution < 1.29 is 13.2 Å². The maximum atomic E-state index is 11.4. The van der Waals surface area contributed by atoms with Gasteiger partial charge in [0.05, 0.1) is 11.8 Å². The third-order valence-corrected chi connectivity index (χ3v) is 3.93. The van der Waals surface area contributed by atoms with Crippen LogP contribution < -0.4 is 4.72 Å². The molecule has 0 radical (unpaired) electrons. The van der Waals surface area contributed by atoms with Gasteiger partial charge in [0.15, 0.2) is 0 Å². The molecular formula is C11H14ClNO3S. The number of carbonyl (C=O) groups excluding carboxylic acids is 1. The van der Waals surface area contributed by atoms with Gasteiger partial charge in [0.1, 0.15) is 0 Å².